The van der Waals surface area contributed by atoms with Gasteiger partial charge in [0.1, 0.15) is 5.78 Å². The van der Waals surface area contributed by atoms with Gasteiger partial charge in [-0.2, -0.15) is 4.31 Å². The van der Waals surface area contributed by atoms with Crippen molar-refractivity contribution in [2.45, 2.75) is 56.3 Å². The van der Waals surface area contributed by atoms with Crippen molar-refractivity contribution < 1.29 is 18.0 Å². The second-order valence-electron chi connectivity index (χ2n) is 8.32. The Morgan fingerprint density at radius 2 is 2.06 bits per heavy atom. The molecule has 2 aliphatic rings. The average molecular weight is 461 g/mol. The fourth-order valence-electron chi connectivity index (χ4n) is 4.38. The second-order valence-corrected chi connectivity index (χ2v) is 11.3. The van der Waals surface area contributed by atoms with Crippen LogP contribution < -0.4 is 5.32 Å². The van der Waals surface area contributed by atoms with Crippen molar-refractivity contribution in [3.05, 3.63) is 46.2 Å². The van der Waals surface area contributed by atoms with Crippen LogP contribution in [0, 0.1) is 5.92 Å². The molecule has 6 nitrogen and oxygen atoms in total. The molecule has 1 unspecified atom stereocenters. The maximum absolute atomic E-state index is 13.3. The number of nitrogens with one attached hydrogen (secondary N) is 1. The zero-order valence-electron chi connectivity index (χ0n) is 17.5. The first-order chi connectivity index (χ1) is 14.9. The summed E-state index contributed by atoms with van der Waals surface area (Å²) in [5.41, 5.74) is 1.55. The summed E-state index contributed by atoms with van der Waals surface area (Å²) in [5, 5.41) is 4.88. The summed E-state index contributed by atoms with van der Waals surface area (Å²) < 4.78 is 28.0. The normalized spacial score (nSPS) is 20.0. The summed E-state index contributed by atoms with van der Waals surface area (Å²) >= 11 is 1.70. The van der Waals surface area contributed by atoms with Crippen molar-refractivity contribution >= 4 is 38.7 Å². The number of amides is 1. The Morgan fingerprint density at radius 3 is 2.87 bits per heavy atom. The quantitative estimate of drug-likeness (QED) is 0.677. The smallest absolute Gasteiger partial charge is 0.243 e. The van der Waals surface area contributed by atoms with Crippen LogP contribution in [0.3, 0.4) is 0 Å². The molecule has 2 aromatic rings. The number of sulfonamides is 1. The Hall–Kier alpha value is -2.03. The van der Waals surface area contributed by atoms with Gasteiger partial charge in [0.25, 0.3) is 0 Å². The highest BCUT2D eigenvalue weighted by Gasteiger charge is 2.33. The van der Waals surface area contributed by atoms with Crippen molar-refractivity contribution in [3.63, 3.8) is 0 Å². The maximum Gasteiger partial charge on any atom is 0.243 e. The van der Waals surface area contributed by atoms with Gasteiger partial charge in [-0.1, -0.05) is 6.07 Å². The number of aryl methyl sites for hydroxylation is 2. The molecule has 2 aliphatic heterocycles. The number of thiophene rings is 1. The van der Waals surface area contributed by atoms with E-state index < -0.39 is 10.0 Å². The number of carbonyl (C=O) groups is 2. The van der Waals surface area contributed by atoms with Crippen LogP contribution in [0.25, 0.3) is 0 Å². The van der Waals surface area contributed by atoms with E-state index in [0.717, 1.165) is 24.8 Å². The number of piperidine rings is 1. The Labute approximate surface area is 187 Å². The lowest BCUT2D eigenvalue weighted by Gasteiger charge is -2.31. The van der Waals surface area contributed by atoms with Crippen LogP contribution in [0.15, 0.2) is 40.6 Å². The Balaban J connectivity index is 1.41. The minimum atomic E-state index is -3.67. The number of hydrogen-bond donors (Lipinski definition) is 1. The van der Waals surface area contributed by atoms with Gasteiger partial charge >= 0.3 is 0 Å². The van der Waals surface area contributed by atoms with E-state index in [0.29, 0.717) is 44.3 Å². The average Bonchev–Trinajstić information content (AvgIpc) is 3.21. The first-order valence-electron chi connectivity index (χ1n) is 10.9. The summed E-state index contributed by atoms with van der Waals surface area (Å²) in [6, 6.07) is 9.02. The SMILES string of the molecule is O=C1CCCc2cc(S(=O)(=O)N3CCCC(C(=O)CCCc4cccs4)C3)ccc2N1. The highest BCUT2D eigenvalue weighted by atomic mass is 32.2. The van der Waals surface area contributed by atoms with E-state index in [-0.39, 0.29) is 29.0 Å². The molecular weight excluding hydrogens is 432 g/mol. The third-order valence-electron chi connectivity index (χ3n) is 6.10. The number of anilines is 1. The Bertz CT molecular complexity index is 1050. The zero-order chi connectivity index (χ0) is 21.8. The highest BCUT2D eigenvalue weighted by molar-refractivity contribution is 7.89. The summed E-state index contributed by atoms with van der Waals surface area (Å²) in [5.74, 6) is -0.0982. The van der Waals surface area contributed by atoms with Crippen LogP contribution >= 0.6 is 11.3 Å². The maximum atomic E-state index is 13.3. The summed E-state index contributed by atoms with van der Waals surface area (Å²) in [4.78, 5) is 26.0. The van der Waals surface area contributed by atoms with Crippen LogP contribution in [0.4, 0.5) is 5.69 Å². The lowest BCUT2D eigenvalue weighted by molar-refractivity contribution is -0.124. The zero-order valence-corrected chi connectivity index (χ0v) is 19.1. The number of fused-ring (bicyclic) bond motifs is 1. The standard InChI is InChI=1S/C23H28N2O4S2/c26-22(9-2-7-19-8-4-14-30-19)18-6-3-13-25(16-18)31(28,29)20-11-12-21-17(15-20)5-1-10-23(27)24-21/h4,8,11-12,14-15,18H,1-3,5-7,9-10,13,16H2,(H,24,27). The molecule has 0 radical (unpaired) electrons. The summed E-state index contributed by atoms with van der Waals surface area (Å²) in [6.45, 7) is 0.698. The van der Waals surface area contributed by atoms with Gasteiger partial charge in [0.2, 0.25) is 15.9 Å². The number of carbonyl (C=O) groups excluding carboxylic acids is 2. The molecule has 1 amide bonds. The predicted molar refractivity (Wildman–Crippen MR) is 122 cm³/mol. The molecule has 8 heteroatoms. The Morgan fingerprint density at radius 1 is 1.19 bits per heavy atom. The number of benzene rings is 1. The van der Waals surface area contributed by atoms with Gasteiger partial charge in [0.05, 0.1) is 4.90 Å². The van der Waals surface area contributed by atoms with Crippen LogP contribution in [-0.2, 0) is 32.5 Å². The molecule has 0 aliphatic carbocycles. The lowest BCUT2D eigenvalue weighted by Crippen LogP contribution is -2.42. The molecule has 0 spiro atoms. The largest absolute Gasteiger partial charge is 0.326 e. The van der Waals surface area contributed by atoms with Gasteiger partial charge in [-0.3, -0.25) is 9.59 Å². The third kappa shape index (κ3) is 5.25. The molecule has 1 saturated heterocycles. The molecule has 1 N–H and O–H groups in total. The molecular formula is C23H28N2O4S2. The number of nitrogens with zero attached hydrogens (tertiary/aromatic N) is 1. The molecule has 3 heterocycles. The molecule has 31 heavy (non-hydrogen) atoms. The van der Waals surface area contributed by atoms with Crippen molar-refractivity contribution in [1.82, 2.24) is 4.31 Å². The van der Waals surface area contributed by atoms with Crippen LogP contribution in [0.5, 0.6) is 0 Å². The summed E-state index contributed by atoms with van der Waals surface area (Å²) in [7, 11) is -3.67. The van der Waals surface area contributed by atoms with Gasteiger partial charge in [-0.25, -0.2) is 8.42 Å². The molecule has 1 aromatic heterocycles. The number of Topliss-reactive ketones (excluding diaryl/α,β-unsaturated/α-hetero) is 1. The van der Waals surface area contributed by atoms with Crippen LogP contribution in [0.1, 0.15) is 49.0 Å². The van der Waals surface area contributed by atoms with Crippen molar-refractivity contribution in [1.29, 1.82) is 0 Å². The molecule has 0 bridgehead atoms. The van der Waals surface area contributed by atoms with E-state index in [9.17, 15) is 18.0 Å². The monoisotopic (exact) mass is 460 g/mol. The van der Waals surface area contributed by atoms with Crippen LogP contribution in [-0.4, -0.2) is 37.5 Å². The molecule has 4 rings (SSSR count). The molecule has 1 aromatic carbocycles. The van der Waals surface area contributed by atoms with E-state index >= 15 is 0 Å². The molecule has 1 fully saturated rings. The minimum Gasteiger partial charge on any atom is -0.326 e. The lowest BCUT2D eigenvalue weighted by atomic mass is 9.92. The number of ketones is 1. The van der Waals surface area contributed by atoms with E-state index in [1.165, 1.54) is 9.18 Å². The molecule has 0 saturated carbocycles. The highest BCUT2D eigenvalue weighted by Crippen LogP contribution is 2.29. The van der Waals surface area contributed by atoms with Gasteiger partial charge in [-0.15, -0.1) is 11.3 Å². The number of hydrogen-bond acceptors (Lipinski definition) is 5. The van der Waals surface area contributed by atoms with Crippen molar-refractivity contribution in [3.8, 4) is 0 Å². The fourth-order valence-corrected chi connectivity index (χ4v) is 6.71. The van der Waals surface area contributed by atoms with Gasteiger partial charge < -0.3 is 5.32 Å². The predicted octanol–water partition coefficient (Wildman–Crippen LogP) is 4.02. The van der Waals surface area contributed by atoms with Gasteiger partial charge in [0.15, 0.2) is 0 Å². The van der Waals surface area contributed by atoms with Crippen molar-refractivity contribution in [2.75, 3.05) is 18.4 Å². The Kier molecular flexibility index (Phi) is 6.89. The topological polar surface area (TPSA) is 83.6 Å². The van der Waals surface area contributed by atoms with Crippen LogP contribution in [0.2, 0.25) is 0 Å². The molecule has 166 valence electrons. The first-order valence-corrected chi connectivity index (χ1v) is 13.2. The fraction of sp³-hybridized carbons (Fsp3) is 0.478. The van der Waals surface area contributed by atoms with Crippen molar-refractivity contribution in [2.24, 2.45) is 5.92 Å². The van der Waals surface area contributed by atoms with E-state index in [1.54, 1.807) is 29.5 Å². The van der Waals surface area contributed by atoms with Gasteiger partial charge in [-0.05, 0) is 73.7 Å². The third-order valence-corrected chi connectivity index (χ3v) is 8.90. The summed E-state index contributed by atoms with van der Waals surface area (Å²) in [6.07, 6.45) is 5.45. The second kappa shape index (κ2) is 9.63. The van der Waals surface area contributed by atoms with Gasteiger partial charge in [0, 0.05) is 42.4 Å². The minimum absolute atomic E-state index is 0.0363. The first kappa shape index (κ1) is 22.2. The van der Waals surface area contributed by atoms with E-state index in [4.69, 9.17) is 0 Å². The van der Waals surface area contributed by atoms with E-state index in [2.05, 4.69) is 11.4 Å². The number of rotatable bonds is 7. The van der Waals surface area contributed by atoms with E-state index in [1.807, 2.05) is 11.4 Å². The molecule has 1 atom stereocenters.